The quantitative estimate of drug-likeness (QED) is 0.703. The molecule has 0 saturated carbocycles. The van der Waals surface area contributed by atoms with E-state index >= 15 is 0 Å². The first-order valence-electron chi connectivity index (χ1n) is 9.65. The second-order valence-corrected chi connectivity index (χ2v) is 7.44. The van der Waals surface area contributed by atoms with Crippen molar-refractivity contribution in [3.8, 4) is 0 Å². The molecule has 144 valence electrons. The number of benzene rings is 1. The highest BCUT2D eigenvalue weighted by atomic mass is 16.2. The average molecular weight is 376 g/mol. The van der Waals surface area contributed by atoms with E-state index in [0.29, 0.717) is 17.1 Å². The van der Waals surface area contributed by atoms with Gasteiger partial charge in [0.05, 0.1) is 5.52 Å². The molecule has 0 spiro atoms. The zero-order valence-electron chi connectivity index (χ0n) is 16.2. The molecule has 2 aromatic heterocycles. The monoisotopic (exact) mass is 376 g/mol. The van der Waals surface area contributed by atoms with E-state index in [2.05, 4.69) is 11.9 Å². The highest BCUT2D eigenvalue weighted by Crippen LogP contribution is 2.22. The Hall–Kier alpha value is -3.15. The van der Waals surface area contributed by atoms with E-state index in [1.165, 1.54) is 0 Å². The van der Waals surface area contributed by atoms with Gasteiger partial charge in [-0.25, -0.2) is 4.98 Å². The molecule has 1 saturated heterocycles. The standard InChI is InChI=1S/C22H24N4O2/c1-16-9-8-13-25(15-16)21(27)19-18-12-6-7-14-26(18)20(23-19)22(28)24(2)17-10-4-3-5-11-17/h3-7,10-12,14,16H,8-9,13,15H2,1-2H3. The summed E-state index contributed by atoms with van der Waals surface area (Å²) in [4.78, 5) is 34.2. The Morgan fingerprint density at radius 2 is 1.86 bits per heavy atom. The number of hydrogen-bond acceptors (Lipinski definition) is 3. The van der Waals surface area contributed by atoms with Crippen molar-refractivity contribution in [2.24, 2.45) is 5.92 Å². The lowest BCUT2D eigenvalue weighted by Crippen LogP contribution is -2.39. The van der Waals surface area contributed by atoms with Crippen LogP contribution in [0.15, 0.2) is 54.7 Å². The number of pyridine rings is 1. The molecule has 1 aliphatic rings. The maximum Gasteiger partial charge on any atom is 0.294 e. The SMILES string of the molecule is CC1CCCN(C(=O)c2nc(C(=O)N(C)c3ccccc3)n3ccccc23)C1. The van der Waals surface area contributed by atoms with Crippen molar-refractivity contribution in [2.75, 3.05) is 25.0 Å². The molecule has 1 atom stereocenters. The van der Waals surface area contributed by atoms with Gasteiger partial charge in [0.15, 0.2) is 5.69 Å². The third-order valence-corrected chi connectivity index (χ3v) is 5.33. The maximum atomic E-state index is 13.2. The molecule has 0 radical (unpaired) electrons. The van der Waals surface area contributed by atoms with Crippen LogP contribution in [0.4, 0.5) is 5.69 Å². The summed E-state index contributed by atoms with van der Waals surface area (Å²) in [6.45, 7) is 3.63. The summed E-state index contributed by atoms with van der Waals surface area (Å²) >= 11 is 0. The first kappa shape index (κ1) is 18.2. The fourth-order valence-corrected chi connectivity index (χ4v) is 3.79. The van der Waals surface area contributed by atoms with E-state index in [4.69, 9.17) is 0 Å². The van der Waals surface area contributed by atoms with Crippen molar-refractivity contribution < 1.29 is 9.59 Å². The van der Waals surface area contributed by atoms with Crippen molar-refractivity contribution in [1.82, 2.24) is 14.3 Å². The van der Waals surface area contributed by atoms with Gasteiger partial charge in [0, 0.05) is 32.0 Å². The van der Waals surface area contributed by atoms with Gasteiger partial charge in [-0.3, -0.25) is 14.0 Å². The fourth-order valence-electron chi connectivity index (χ4n) is 3.79. The molecule has 0 aliphatic carbocycles. The molecular weight excluding hydrogens is 352 g/mol. The second-order valence-electron chi connectivity index (χ2n) is 7.44. The average Bonchev–Trinajstić information content (AvgIpc) is 3.12. The van der Waals surface area contributed by atoms with Crippen molar-refractivity contribution in [1.29, 1.82) is 0 Å². The summed E-state index contributed by atoms with van der Waals surface area (Å²) in [7, 11) is 1.72. The number of fused-ring (bicyclic) bond motifs is 1. The number of nitrogens with zero attached hydrogens (tertiary/aromatic N) is 4. The van der Waals surface area contributed by atoms with Crippen molar-refractivity contribution in [3.63, 3.8) is 0 Å². The number of carbonyl (C=O) groups excluding carboxylic acids is 2. The largest absolute Gasteiger partial charge is 0.337 e. The van der Waals surface area contributed by atoms with Gasteiger partial charge in [-0.15, -0.1) is 0 Å². The Balaban J connectivity index is 1.72. The fraction of sp³-hybridized carbons (Fsp3) is 0.318. The molecule has 6 heteroatoms. The molecule has 0 bridgehead atoms. The third kappa shape index (κ3) is 3.26. The lowest BCUT2D eigenvalue weighted by Gasteiger charge is -2.30. The van der Waals surface area contributed by atoms with Crippen LogP contribution in [0.3, 0.4) is 0 Å². The minimum absolute atomic E-state index is 0.100. The number of rotatable bonds is 3. The Kier molecular flexibility index (Phi) is 4.86. The lowest BCUT2D eigenvalue weighted by atomic mass is 10.00. The number of aromatic nitrogens is 2. The van der Waals surface area contributed by atoms with E-state index < -0.39 is 0 Å². The molecule has 1 aromatic carbocycles. The number of hydrogen-bond donors (Lipinski definition) is 0. The van der Waals surface area contributed by atoms with Crippen LogP contribution in [-0.2, 0) is 0 Å². The number of piperidine rings is 1. The first-order chi connectivity index (χ1) is 13.6. The molecule has 4 rings (SSSR count). The van der Waals surface area contributed by atoms with Gasteiger partial charge >= 0.3 is 0 Å². The summed E-state index contributed by atoms with van der Waals surface area (Å²) in [6, 6.07) is 15.0. The van der Waals surface area contributed by atoms with Crippen LogP contribution >= 0.6 is 0 Å². The molecule has 1 unspecified atom stereocenters. The van der Waals surface area contributed by atoms with Crippen LogP contribution in [0.5, 0.6) is 0 Å². The van der Waals surface area contributed by atoms with E-state index in [-0.39, 0.29) is 17.6 Å². The van der Waals surface area contributed by atoms with Crippen molar-refractivity contribution in [3.05, 3.63) is 66.2 Å². The van der Waals surface area contributed by atoms with E-state index in [0.717, 1.165) is 31.6 Å². The number of para-hydroxylation sites is 1. The summed E-state index contributed by atoms with van der Waals surface area (Å²) < 4.78 is 1.71. The van der Waals surface area contributed by atoms with Crippen LogP contribution in [0.1, 0.15) is 40.9 Å². The Morgan fingerprint density at radius 1 is 1.11 bits per heavy atom. The summed E-state index contributed by atoms with van der Waals surface area (Å²) in [5.41, 5.74) is 1.79. The molecule has 28 heavy (non-hydrogen) atoms. The molecule has 3 heterocycles. The molecule has 1 aliphatic heterocycles. The highest BCUT2D eigenvalue weighted by Gasteiger charge is 2.28. The van der Waals surface area contributed by atoms with Gasteiger partial charge in [0.2, 0.25) is 5.82 Å². The molecular formula is C22H24N4O2. The molecule has 0 N–H and O–H groups in total. The van der Waals surface area contributed by atoms with Gasteiger partial charge in [-0.1, -0.05) is 31.2 Å². The van der Waals surface area contributed by atoms with Crippen LogP contribution in [0.2, 0.25) is 0 Å². The van der Waals surface area contributed by atoms with Gasteiger partial charge in [-0.05, 0) is 43.0 Å². The molecule has 1 fully saturated rings. The zero-order chi connectivity index (χ0) is 19.7. The highest BCUT2D eigenvalue weighted by molar-refractivity contribution is 6.07. The summed E-state index contributed by atoms with van der Waals surface area (Å²) in [5.74, 6) is 0.377. The van der Waals surface area contributed by atoms with Gasteiger partial charge in [-0.2, -0.15) is 0 Å². The van der Waals surface area contributed by atoms with Crippen molar-refractivity contribution >= 4 is 23.0 Å². The van der Waals surface area contributed by atoms with Crippen LogP contribution < -0.4 is 4.90 Å². The second kappa shape index (κ2) is 7.46. The lowest BCUT2D eigenvalue weighted by molar-refractivity contribution is 0.0679. The summed E-state index contributed by atoms with van der Waals surface area (Å²) in [6.07, 6.45) is 3.92. The van der Waals surface area contributed by atoms with Crippen molar-refractivity contribution in [2.45, 2.75) is 19.8 Å². The number of amides is 2. The number of imidazole rings is 1. The van der Waals surface area contributed by atoms with Gasteiger partial charge in [0.1, 0.15) is 0 Å². The van der Waals surface area contributed by atoms with E-state index in [1.807, 2.05) is 53.4 Å². The number of likely N-dealkylation sites (tertiary alicyclic amines) is 1. The Bertz CT molecular complexity index is 1010. The first-order valence-corrected chi connectivity index (χ1v) is 9.65. The van der Waals surface area contributed by atoms with Gasteiger partial charge < -0.3 is 9.80 Å². The van der Waals surface area contributed by atoms with Crippen LogP contribution in [-0.4, -0.2) is 46.2 Å². The Morgan fingerprint density at radius 3 is 2.61 bits per heavy atom. The minimum Gasteiger partial charge on any atom is -0.337 e. The normalized spacial score (nSPS) is 16.9. The van der Waals surface area contributed by atoms with E-state index in [9.17, 15) is 9.59 Å². The predicted molar refractivity (Wildman–Crippen MR) is 109 cm³/mol. The number of anilines is 1. The topological polar surface area (TPSA) is 57.9 Å². The number of carbonyl (C=O) groups is 2. The summed E-state index contributed by atoms with van der Waals surface area (Å²) in [5, 5.41) is 0. The van der Waals surface area contributed by atoms with E-state index in [1.54, 1.807) is 22.5 Å². The van der Waals surface area contributed by atoms with Crippen LogP contribution in [0.25, 0.3) is 5.52 Å². The predicted octanol–water partition coefficient (Wildman–Crippen LogP) is 3.48. The minimum atomic E-state index is -0.251. The molecule has 6 nitrogen and oxygen atoms in total. The van der Waals surface area contributed by atoms with Crippen LogP contribution in [0, 0.1) is 5.92 Å². The van der Waals surface area contributed by atoms with Gasteiger partial charge in [0.25, 0.3) is 11.8 Å². The maximum absolute atomic E-state index is 13.2. The third-order valence-electron chi connectivity index (χ3n) is 5.33. The molecule has 2 amide bonds. The Labute approximate surface area is 164 Å². The zero-order valence-corrected chi connectivity index (χ0v) is 16.2. The molecule has 3 aromatic rings. The smallest absolute Gasteiger partial charge is 0.294 e.